The van der Waals surface area contributed by atoms with Crippen LogP contribution in [0.4, 0.5) is 10.5 Å². The zero-order valence-corrected chi connectivity index (χ0v) is 14.2. The average molecular weight is 337 g/mol. The summed E-state index contributed by atoms with van der Waals surface area (Å²) < 4.78 is 1.41. The number of hydrogen-bond donors (Lipinski definition) is 2. The molecule has 2 amide bonds. The van der Waals surface area contributed by atoms with Gasteiger partial charge in [-0.15, -0.1) is 0 Å². The number of H-pyrrole nitrogens is 1. The fraction of sp³-hybridized carbons (Fsp3) is 0.278. The molecule has 0 saturated heterocycles. The van der Waals surface area contributed by atoms with Crippen LogP contribution in [0.5, 0.6) is 0 Å². The second-order valence-electron chi connectivity index (χ2n) is 6.42. The number of amides is 2. The van der Waals surface area contributed by atoms with E-state index in [4.69, 9.17) is 0 Å². The molecule has 3 aromatic rings. The van der Waals surface area contributed by atoms with Crippen LogP contribution in [-0.2, 0) is 13.0 Å². The van der Waals surface area contributed by atoms with Gasteiger partial charge < -0.3 is 10.2 Å². The third-order valence-corrected chi connectivity index (χ3v) is 4.60. The summed E-state index contributed by atoms with van der Waals surface area (Å²) >= 11 is 0. The monoisotopic (exact) mass is 337 g/mol. The lowest BCUT2D eigenvalue weighted by atomic mass is 10.1. The topological polar surface area (TPSA) is 82.5 Å². The second kappa shape index (κ2) is 5.77. The summed E-state index contributed by atoms with van der Waals surface area (Å²) in [7, 11) is 0. The number of aromatic amines is 1. The summed E-state index contributed by atoms with van der Waals surface area (Å²) in [6, 6.07) is 7.46. The Kier molecular flexibility index (Phi) is 3.56. The van der Waals surface area contributed by atoms with Crippen molar-refractivity contribution in [1.82, 2.24) is 19.5 Å². The van der Waals surface area contributed by atoms with E-state index in [1.807, 2.05) is 32.0 Å². The minimum atomic E-state index is -0.200. The van der Waals surface area contributed by atoms with E-state index in [0.29, 0.717) is 24.2 Å². The number of benzene rings is 1. The SMILES string of the molecule is Cc1ccc(NC(=O)N2CCc3nc4cc[nH]n4c(=O)c3C2)c(C)c1. The molecule has 0 fully saturated rings. The normalized spacial score (nSPS) is 13.8. The smallest absolute Gasteiger partial charge is 0.320 e. The number of rotatable bonds is 1. The highest BCUT2D eigenvalue weighted by Crippen LogP contribution is 2.19. The Bertz CT molecular complexity index is 1030. The Morgan fingerprint density at radius 1 is 1.28 bits per heavy atom. The summed E-state index contributed by atoms with van der Waals surface area (Å²) in [5, 5.41) is 5.80. The van der Waals surface area contributed by atoms with E-state index in [9.17, 15) is 9.59 Å². The number of nitrogens with zero attached hydrogens (tertiary/aromatic N) is 3. The number of urea groups is 1. The summed E-state index contributed by atoms with van der Waals surface area (Å²) in [6.45, 7) is 4.78. The maximum Gasteiger partial charge on any atom is 0.322 e. The van der Waals surface area contributed by atoms with E-state index in [1.165, 1.54) is 4.52 Å². The molecule has 1 aromatic carbocycles. The van der Waals surface area contributed by atoms with Gasteiger partial charge in [-0.05, 0) is 25.5 Å². The van der Waals surface area contributed by atoms with Crippen LogP contribution in [-0.4, -0.2) is 32.1 Å². The van der Waals surface area contributed by atoms with Crippen molar-refractivity contribution < 1.29 is 4.79 Å². The third kappa shape index (κ3) is 2.67. The first-order valence-corrected chi connectivity index (χ1v) is 8.24. The predicted octanol–water partition coefficient (Wildman–Crippen LogP) is 2.23. The van der Waals surface area contributed by atoms with Crippen LogP contribution >= 0.6 is 0 Å². The Morgan fingerprint density at radius 2 is 2.12 bits per heavy atom. The number of carbonyl (C=O) groups excluding carboxylic acids is 1. The van der Waals surface area contributed by atoms with Gasteiger partial charge in [-0.2, -0.15) is 0 Å². The molecule has 0 saturated carbocycles. The Balaban J connectivity index is 1.59. The van der Waals surface area contributed by atoms with Crippen molar-refractivity contribution in [3.8, 4) is 0 Å². The molecule has 2 N–H and O–H groups in total. The van der Waals surface area contributed by atoms with Crippen LogP contribution in [0.25, 0.3) is 5.65 Å². The molecule has 7 heteroatoms. The quantitative estimate of drug-likeness (QED) is 0.714. The molecule has 1 aliphatic rings. The second-order valence-corrected chi connectivity index (χ2v) is 6.42. The third-order valence-electron chi connectivity index (χ3n) is 4.60. The first-order chi connectivity index (χ1) is 12.0. The summed E-state index contributed by atoms with van der Waals surface area (Å²) in [6.07, 6.45) is 2.26. The van der Waals surface area contributed by atoms with Gasteiger partial charge in [0.25, 0.3) is 5.56 Å². The summed E-state index contributed by atoms with van der Waals surface area (Å²) in [5.41, 5.74) is 4.77. The van der Waals surface area contributed by atoms with Crippen molar-refractivity contribution in [3.63, 3.8) is 0 Å². The number of anilines is 1. The molecule has 0 spiro atoms. The highest BCUT2D eigenvalue weighted by molar-refractivity contribution is 5.90. The average Bonchev–Trinajstić information content (AvgIpc) is 3.06. The molecule has 0 aliphatic carbocycles. The lowest BCUT2D eigenvalue weighted by molar-refractivity contribution is 0.205. The van der Waals surface area contributed by atoms with E-state index >= 15 is 0 Å². The van der Waals surface area contributed by atoms with Crippen LogP contribution in [0.15, 0.2) is 35.3 Å². The highest BCUT2D eigenvalue weighted by Gasteiger charge is 2.25. The number of fused-ring (bicyclic) bond motifs is 2. The fourth-order valence-corrected chi connectivity index (χ4v) is 3.24. The number of aryl methyl sites for hydroxylation is 2. The molecule has 128 valence electrons. The van der Waals surface area contributed by atoms with Gasteiger partial charge in [0.05, 0.1) is 17.8 Å². The van der Waals surface area contributed by atoms with Crippen molar-refractivity contribution in [2.75, 3.05) is 11.9 Å². The molecule has 0 atom stereocenters. The molecule has 0 unspecified atom stereocenters. The van der Waals surface area contributed by atoms with Crippen LogP contribution in [0, 0.1) is 13.8 Å². The highest BCUT2D eigenvalue weighted by atomic mass is 16.2. The van der Waals surface area contributed by atoms with E-state index in [-0.39, 0.29) is 18.1 Å². The lowest BCUT2D eigenvalue weighted by Gasteiger charge is -2.28. The molecule has 3 heterocycles. The Morgan fingerprint density at radius 3 is 2.92 bits per heavy atom. The summed E-state index contributed by atoms with van der Waals surface area (Å²) in [4.78, 5) is 31.4. The van der Waals surface area contributed by atoms with E-state index in [0.717, 1.165) is 22.5 Å². The molecule has 0 bridgehead atoms. The zero-order valence-electron chi connectivity index (χ0n) is 14.2. The molecule has 25 heavy (non-hydrogen) atoms. The molecule has 1 aliphatic heterocycles. The fourth-order valence-electron chi connectivity index (χ4n) is 3.24. The Labute approximate surface area is 144 Å². The molecule has 2 aromatic heterocycles. The molecule has 7 nitrogen and oxygen atoms in total. The van der Waals surface area contributed by atoms with Crippen LogP contribution in [0.3, 0.4) is 0 Å². The maximum atomic E-state index is 12.6. The molecular formula is C18H19N5O2. The molecule has 4 rings (SSSR count). The van der Waals surface area contributed by atoms with E-state index in [2.05, 4.69) is 15.4 Å². The van der Waals surface area contributed by atoms with Gasteiger partial charge in [0, 0.05) is 30.9 Å². The van der Waals surface area contributed by atoms with Gasteiger partial charge in [0.15, 0.2) is 5.65 Å². The van der Waals surface area contributed by atoms with Gasteiger partial charge >= 0.3 is 6.03 Å². The van der Waals surface area contributed by atoms with Gasteiger partial charge in [0.1, 0.15) is 0 Å². The summed E-state index contributed by atoms with van der Waals surface area (Å²) in [5.74, 6) is 0. The van der Waals surface area contributed by atoms with Crippen molar-refractivity contribution in [2.45, 2.75) is 26.8 Å². The van der Waals surface area contributed by atoms with Crippen molar-refractivity contribution >= 4 is 17.4 Å². The van der Waals surface area contributed by atoms with Gasteiger partial charge in [0.2, 0.25) is 0 Å². The van der Waals surface area contributed by atoms with Gasteiger partial charge in [-0.1, -0.05) is 17.7 Å². The van der Waals surface area contributed by atoms with Crippen molar-refractivity contribution in [2.24, 2.45) is 0 Å². The van der Waals surface area contributed by atoms with Crippen LogP contribution in [0.2, 0.25) is 0 Å². The van der Waals surface area contributed by atoms with E-state index in [1.54, 1.807) is 17.2 Å². The standard InChI is InChI=1S/C18H19N5O2/c1-11-3-4-14(12(2)9-11)21-18(25)22-8-6-15-13(10-22)17(24)23-16(20-15)5-7-19-23/h3-5,7,9,19H,6,8,10H2,1-2H3,(H,21,25). The van der Waals surface area contributed by atoms with Crippen LogP contribution < -0.4 is 10.9 Å². The molecular weight excluding hydrogens is 318 g/mol. The largest absolute Gasteiger partial charge is 0.322 e. The van der Waals surface area contributed by atoms with Crippen LogP contribution in [0.1, 0.15) is 22.4 Å². The first kappa shape index (κ1) is 15.4. The van der Waals surface area contributed by atoms with Crippen molar-refractivity contribution in [3.05, 3.63) is 63.2 Å². The van der Waals surface area contributed by atoms with Gasteiger partial charge in [-0.3, -0.25) is 9.89 Å². The number of carbonyl (C=O) groups is 1. The lowest BCUT2D eigenvalue weighted by Crippen LogP contribution is -2.42. The predicted molar refractivity (Wildman–Crippen MR) is 94.9 cm³/mol. The van der Waals surface area contributed by atoms with Crippen molar-refractivity contribution in [1.29, 1.82) is 0 Å². The zero-order chi connectivity index (χ0) is 17.6. The minimum Gasteiger partial charge on any atom is -0.320 e. The molecule has 0 radical (unpaired) electrons. The maximum absolute atomic E-state index is 12.6. The van der Waals surface area contributed by atoms with Gasteiger partial charge in [-0.25, -0.2) is 14.3 Å². The Hall–Kier alpha value is -3.09. The number of nitrogens with one attached hydrogen (secondary N) is 2. The number of hydrogen-bond acceptors (Lipinski definition) is 3. The van der Waals surface area contributed by atoms with E-state index < -0.39 is 0 Å². The number of aromatic nitrogens is 3. The minimum absolute atomic E-state index is 0.144. The first-order valence-electron chi connectivity index (χ1n) is 8.24.